The second-order valence-electron chi connectivity index (χ2n) is 6.57. The van der Waals surface area contributed by atoms with E-state index in [1.807, 2.05) is 4.90 Å². The molecule has 0 saturated carbocycles. The number of nitrogens with two attached hydrogens (primary N) is 1. The Hall–Kier alpha value is -2.49. The molecule has 0 aliphatic carbocycles. The van der Waals surface area contributed by atoms with Gasteiger partial charge in [-0.2, -0.15) is 17.9 Å². The molecule has 2 atom stereocenters. The summed E-state index contributed by atoms with van der Waals surface area (Å²) in [5, 5.41) is 11.4. The molecule has 7 nitrogen and oxygen atoms in total. The third kappa shape index (κ3) is 3.85. The average Bonchev–Trinajstić information content (AvgIpc) is 3.04. The summed E-state index contributed by atoms with van der Waals surface area (Å²) >= 11 is 0. The number of carbonyl (C=O) groups excluding carboxylic acids is 1. The van der Waals surface area contributed by atoms with Crippen molar-refractivity contribution in [2.45, 2.75) is 38.5 Å². The van der Waals surface area contributed by atoms with Crippen LogP contribution in [0, 0.1) is 5.92 Å². The number of benzene rings is 1. The van der Waals surface area contributed by atoms with Gasteiger partial charge in [0.05, 0.1) is 23.8 Å². The number of rotatable bonds is 4. The van der Waals surface area contributed by atoms with Gasteiger partial charge >= 0.3 is 6.18 Å². The topological polar surface area (TPSA) is 89.9 Å². The second kappa shape index (κ2) is 7.02. The number of amides is 1. The zero-order chi connectivity index (χ0) is 18.9. The third-order valence-corrected chi connectivity index (χ3v) is 4.62. The van der Waals surface area contributed by atoms with E-state index in [1.165, 1.54) is 16.8 Å². The molecule has 2 heterocycles. The molecule has 10 heteroatoms. The number of tetrazole rings is 1. The minimum Gasteiger partial charge on any atom is -0.368 e. The summed E-state index contributed by atoms with van der Waals surface area (Å²) in [5.41, 5.74) is 5.18. The van der Waals surface area contributed by atoms with Crippen LogP contribution in [0.3, 0.4) is 0 Å². The Morgan fingerprint density at radius 3 is 2.62 bits per heavy atom. The minimum atomic E-state index is -4.40. The molecule has 1 aliphatic heterocycles. The molecular weight excluding hydrogens is 349 g/mol. The van der Waals surface area contributed by atoms with E-state index < -0.39 is 23.7 Å². The fraction of sp³-hybridized carbons (Fsp3) is 0.500. The largest absolute Gasteiger partial charge is 0.416 e. The highest BCUT2D eigenvalue weighted by molar-refractivity contribution is 5.79. The summed E-state index contributed by atoms with van der Waals surface area (Å²) in [4.78, 5) is 13.7. The highest BCUT2D eigenvalue weighted by atomic mass is 19.4. The quantitative estimate of drug-likeness (QED) is 0.888. The van der Waals surface area contributed by atoms with E-state index in [0.29, 0.717) is 30.4 Å². The van der Waals surface area contributed by atoms with Gasteiger partial charge in [-0.25, -0.2) is 0 Å². The van der Waals surface area contributed by atoms with Crippen molar-refractivity contribution < 1.29 is 18.0 Å². The lowest BCUT2D eigenvalue weighted by Crippen LogP contribution is -2.49. The van der Waals surface area contributed by atoms with E-state index >= 15 is 0 Å². The Morgan fingerprint density at radius 2 is 2.00 bits per heavy atom. The van der Waals surface area contributed by atoms with Gasteiger partial charge in [0.25, 0.3) is 0 Å². The number of carbonyl (C=O) groups is 1. The van der Waals surface area contributed by atoms with Crippen LogP contribution in [0.15, 0.2) is 24.3 Å². The second-order valence-corrected chi connectivity index (χ2v) is 6.57. The molecule has 2 N–H and O–H groups in total. The van der Waals surface area contributed by atoms with E-state index in [2.05, 4.69) is 22.4 Å². The van der Waals surface area contributed by atoms with Crippen molar-refractivity contribution in [2.75, 3.05) is 6.54 Å². The van der Waals surface area contributed by atoms with E-state index in [4.69, 9.17) is 5.73 Å². The first kappa shape index (κ1) is 18.3. The Balaban J connectivity index is 1.81. The van der Waals surface area contributed by atoms with Crippen LogP contribution >= 0.6 is 0 Å². The number of alkyl halides is 3. The van der Waals surface area contributed by atoms with Crippen LogP contribution in [-0.4, -0.2) is 43.6 Å². The van der Waals surface area contributed by atoms with Crippen molar-refractivity contribution in [3.63, 3.8) is 0 Å². The molecule has 1 aromatic heterocycles. The number of hydrogen-bond donors (Lipinski definition) is 1. The van der Waals surface area contributed by atoms with Crippen molar-refractivity contribution in [2.24, 2.45) is 11.7 Å². The van der Waals surface area contributed by atoms with Crippen LogP contribution in [0.4, 0.5) is 13.2 Å². The van der Waals surface area contributed by atoms with Crippen LogP contribution in [-0.2, 0) is 17.5 Å². The summed E-state index contributed by atoms with van der Waals surface area (Å²) in [5.74, 6) is 0.435. The summed E-state index contributed by atoms with van der Waals surface area (Å²) in [6.45, 7) is 3.03. The van der Waals surface area contributed by atoms with Gasteiger partial charge in [0, 0.05) is 0 Å². The van der Waals surface area contributed by atoms with Crippen LogP contribution in [0.1, 0.15) is 31.2 Å². The van der Waals surface area contributed by atoms with Gasteiger partial charge < -0.3 is 5.73 Å². The molecule has 1 fully saturated rings. The SMILES string of the molecule is CC1CCN(Cc2nnnn2-c2ccc(C(F)(F)F)cc2)C(C(N)=O)C1. The van der Waals surface area contributed by atoms with E-state index in [-0.39, 0.29) is 6.54 Å². The number of primary amides is 1. The molecule has 1 aliphatic rings. The Bertz CT molecular complexity index is 773. The maximum Gasteiger partial charge on any atom is 0.416 e. The van der Waals surface area contributed by atoms with Gasteiger partial charge in [-0.05, 0) is 60.0 Å². The molecule has 1 amide bonds. The van der Waals surface area contributed by atoms with Crippen LogP contribution in [0.25, 0.3) is 5.69 Å². The number of aromatic nitrogens is 4. The molecule has 2 unspecified atom stereocenters. The highest BCUT2D eigenvalue weighted by Crippen LogP contribution is 2.30. The standard InChI is InChI=1S/C16H19F3N6O/c1-10-6-7-24(13(8-10)15(20)26)9-14-21-22-23-25(14)12-4-2-11(3-5-12)16(17,18)19/h2-5,10,13H,6-9H2,1H3,(H2,20,26). The normalized spacial score (nSPS) is 21.7. The van der Waals surface area contributed by atoms with E-state index in [1.54, 1.807) is 0 Å². The monoisotopic (exact) mass is 368 g/mol. The van der Waals surface area contributed by atoms with Crippen molar-refractivity contribution in [3.05, 3.63) is 35.7 Å². The van der Waals surface area contributed by atoms with Gasteiger partial charge in [0.15, 0.2) is 5.82 Å². The van der Waals surface area contributed by atoms with Crippen LogP contribution in [0.5, 0.6) is 0 Å². The number of likely N-dealkylation sites (tertiary alicyclic amines) is 1. The van der Waals surface area contributed by atoms with Gasteiger partial charge in [-0.1, -0.05) is 6.92 Å². The molecular formula is C16H19F3N6O. The smallest absolute Gasteiger partial charge is 0.368 e. The lowest BCUT2D eigenvalue weighted by atomic mass is 9.92. The molecule has 0 radical (unpaired) electrons. The van der Waals surface area contributed by atoms with Crippen molar-refractivity contribution in [3.8, 4) is 5.69 Å². The molecule has 3 rings (SSSR count). The number of halogens is 3. The fourth-order valence-electron chi connectivity index (χ4n) is 3.15. The zero-order valence-corrected chi connectivity index (χ0v) is 14.1. The van der Waals surface area contributed by atoms with Crippen molar-refractivity contribution in [1.82, 2.24) is 25.1 Å². The molecule has 140 valence electrons. The predicted octanol–water partition coefficient (Wildman–Crippen LogP) is 1.77. The Morgan fingerprint density at radius 1 is 1.31 bits per heavy atom. The van der Waals surface area contributed by atoms with Crippen LogP contribution in [0.2, 0.25) is 0 Å². The summed E-state index contributed by atoms with van der Waals surface area (Å²) in [7, 11) is 0. The number of nitrogens with zero attached hydrogens (tertiary/aromatic N) is 5. The van der Waals surface area contributed by atoms with E-state index in [0.717, 1.165) is 18.6 Å². The maximum atomic E-state index is 12.7. The Kier molecular flexibility index (Phi) is 4.94. The first-order valence-corrected chi connectivity index (χ1v) is 8.24. The lowest BCUT2D eigenvalue weighted by Gasteiger charge is -2.36. The molecule has 26 heavy (non-hydrogen) atoms. The molecule has 0 spiro atoms. The van der Waals surface area contributed by atoms with Crippen molar-refractivity contribution >= 4 is 5.91 Å². The number of hydrogen-bond acceptors (Lipinski definition) is 5. The van der Waals surface area contributed by atoms with Gasteiger partial charge in [0.1, 0.15) is 0 Å². The van der Waals surface area contributed by atoms with Gasteiger partial charge in [-0.15, -0.1) is 5.10 Å². The summed E-state index contributed by atoms with van der Waals surface area (Å²) in [6.07, 6.45) is -2.82. The highest BCUT2D eigenvalue weighted by Gasteiger charge is 2.32. The van der Waals surface area contributed by atoms with E-state index in [9.17, 15) is 18.0 Å². The zero-order valence-electron chi connectivity index (χ0n) is 14.1. The minimum absolute atomic E-state index is 0.286. The molecule has 0 bridgehead atoms. The van der Waals surface area contributed by atoms with Gasteiger partial charge in [-0.3, -0.25) is 9.69 Å². The van der Waals surface area contributed by atoms with Crippen molar-refractivity contribution in [1.29, 1.82) is 0 Å². The van der Waals surface area contributed by atoms with Crippen LogP contribution < -0.4 is 5.73 Å². The predicted molar refractivity (Wildman–Crippen MR) is 85.9 cm³/mol. The summed E-state index contributed by atoms with van der Waals surface area (Å²) < 4.78 is 39.5. The average molecular weight is 368 g/mol. The molecule has 2 aromatic rings. The van der Waals surface area contributed by atoms with Gasteiger partial charge in [0.2, 0.25) is 5.91 Å². The number of piperidine rings is 1. The Labute approximate surface area is 148 Å². The maximum absolute atomic E-state index is 12.7. The lowest BCUT2D eigenvalue weighted by molar-refractivity contribution is -0.137. The molecule has 1 aromatic carbocycles. The first-order chi connectivity index (χ1) is 12.3. The summed E-state index contributed by atoms with van der Waals surface area (Å²) in [6, 6.07) is 4.18. The third-order valence-electron chi connectivity index (χ3n) is 4.62. The fourth-order valence-corrected chi connectivity index (χ4v) is 3.15. The first-order valence-electron chi connectivity index (χ1n) is 8.24. The molecule has 1 saturated heterocycles.